The Balaban J connectivity index is 2.27. The fourth-order valence-corrected chi connectivity index (χ4v) is 1.57. The lowest BCUT2D eigenvalue weighted by atomic mass is 10.0. The van der Waals surface area contributed by atoms with Gasteiger partial charge in [-0.25, -0.2) is 0 Å². The summed E-state index contributed by atoms with van der Waals surface area (Å²) < 4.78 is 10.7. The van der Waals surface area contributed by atoms with E-state index >= 15 is 0 Å². The first-order valence-corrected chi connectivity index (χ1v) is 4.34. The molecule has 0 spiro atoms. The Hall–Kier alpha value is -1.06. The number of fused-ring (bicyclic) bond motifs is 1. The number of ether oxygens (including phenoxy) is 2. The van der Waals surface area contributed by atoms with Crippen LogP contribution >= 0.6 is 0 Å². The Morgan fingerprint density at radius 3 is 3.00 bits per heavy atom. The Morgan fingerprint density at radius 1 is 1.46 bits per heavy atom. The monoisotopic (exact) mass is 179 g/mol. The standard InChI is InChI=1S/C10H13NO2/c1-12-10-8(11)6-7-4-2-3-5-9(7)13-10/h2-5,8,10H,6,11H2,1H3/t8-,10-/m0/s1. The van der Waals surface area contributed by atoms with Crippen LogP contribution in [-0.4, -0.2) is 19.4 Å². The smallest absolute Gasteiger partial charge is 0.215 e. The molecule has 0 fully saturated rings. The summed E-state index contributed by atoms with van der Waals surface area (Å²) in [6.45, 7) is 0. The minimum absolute atomic E-state index is 0.0695. The molecule has 13 heavy (non-hydrogen) atoms. The molecule has 2 rings (SSSR count). The second kappa shape index (κ2) is 3.36. The maximum absolute atomic E-state index is 5.85. The van der Waals surface area contributed by atoms with Gasteiger partial charge in [0.15, 0.2) is 0 Å². The van der Waals surface area contributed by atoms with Gasteiger partial charge in [0, 0.05) is 7.11 Å². The molecule has 0 aromatic heterocycles. The van der Waals surface area contributed by atoms with Crippen LogP contribution in [0.3, 0.4) is 0 Å². The largest absolute Gasteiger partial charge is 0.463 e. The molecule has 1 aliphatic rings. The molecule has 0 unspecified atom stereocenters. The number of benzene rings is 1. The highest BCUT2D eigenvalue weighted by Gasteiger charge is 2.26. The Labute approximate surface area is 77.5 Å². The van der Waals surface area contributed by atoms with Gasteiger partial charge in [0.05, 0.1) is 6.04 Å². The summed E-state index contributed by atoms with van der Waals surface area (Å²) in [5, 5.41) is 0. The highest BCUT2D eigenvalue weighted by molar-refractivity contribution is 5.35. The maximum atomic E-state index is 5.85. The number of methoxy groups -OCH3 is 1. The zero-order chi connectivity index (χ0) is 9.26. The van der Waals surface area contributed by atoms with Gasteiger partial charge in [0.2, 0.25) is 6.29 Å². The summed E-state index contributed by atoms with van der Waals surface area (Å²) in [6, 6.07) is 7.83. The Morgan fingerprint density at radius 2 is 2.23 bits per heavy atom. The van der Waals surface area contributed by atoms with Gasteiger partial charge in [0.25, 0.3) is 0 Å². The van der Waals surface area contributed by atoms with E-state index in [4.69, 9.17) is 15.2 Å². The normalized spacial score (nSPS) is 26.3. The third kappa shape index (κ3) is 1.53. The number of hydrogen-bond donors (Lipinski definition) is 1. The SMILES string of the molecule is CO[C@H]1Oc2ccccc2C[C@@H]1N. The van der Waals surface area contributed by atoms with Crippen LogP contribution in [0.25, 0.3) is 0 Å². The van der Waals surface area contributed by atoms with Crippen LogP contribution in [0.15, 0.2) is 24.3 Å². The van der Waals surface area contributed by atoms with Crippen LogP contribution in [0.2, 0.25) is 0 Å². The molecule has 1 aliphatic heterocycles. The molecular formula is C10H13NO2. The fraction of sp³-hybridized carbons (Fsp3) is 0.400. The van der Waals surface area contributed by atoms with Crippen molar-refractivity contribution in [1.29, 1.82) is 0 Å². The van der Waals surface area contributed by atoms with E-state index < -0.39 is 0 Å². The second-order valence-corrected chi connectivity index (χ2v) is 3.20. The third-order valence-electron chi connectivity index (χ3n) is 2.25. The molecule has 0 saturated carbocycles. The van der Waals surface area contributed by atoms with E-state index in [1.165, 1.54) is 0 Å². The zero-order valence-corrected chi connectivity index (χ0v) is 7.57. The third-order valence-corrected chi connectivity index (χ3v) is 2.25. The first kappa shape index (κ1) is 8.53. The lowest BCUT2D eigenvalue weighted by molar-refractivity contribution is -0.0773. The van der Waals surface area contributed by atoms with Crippen LogP contribution < -0.4 is 10.5 Å². The van der Waals surface area contributed by atoms with E-state index in [9.17, 15) is 0 Å². The average Bonchev–Trinajstić information content (AvgIpc) is 2.17. The van der Waals surface area contributed by atoms with Crippen molar-refractivity contribution in [3.63, 3.8) is 0 Å². The molecule has 3 nitrogen and oxygen atoms in total. The summed E-state index contributed by atoms with van der Waals surface area (Å²) in [5.41, 5.74) is 7.01. The van der Waals surface area contributed by atoms with E-state index in [0.29, 0.717) is 0 Å². The molecule has 1 heterocycles. The van der Waals surface area contributed by atoms with E-state index in [1.54, 1.807) is 7.11 Å². The van der Waals surface area contributed by atoms with Crippen LogP contribution in [0.5, 0.6) is 5.75 Å². The summed E-state index contributed by atoms with van der Waals surface area (Å²) in [7, 11) is 1.61. The highest BCUT2D eigenvalue weighted by atomic mass is 16.7. The molecule has 1 aromatic carbocycles. The number of hydrogen-bond acceptors (Lipinski definition) is 3. The number of rotatable bonds is 1. The topological polar surface area (TPSA) is 44.5 Å². The highest BCUT2D eigenvalue weighted by Crippen LogP contribution is 2.26. The summed E-state index contributed by atoms with van der Waals surface area (Å²) in [4.78, 5) is 0. The van der Waals surface area contributed by atoms with Gasteiger partial charge in [0.1, 0.15) is 5.75 Å². The molecule has 0 radical (unpaired) electrons. The van der Waals surface area contributed by atoms with Gasteiger partial charge < -0.3 is 15.2 Å². The van der Waals surface area contributed by atoms with Crippen LogP contribution in [0.1, 0.15) is 5.56 Å². The molecule has 0 saturated heterocycles. The van der Waals surface area contributed by atoms with Crippen LogP contribution in [0, 0.1) is 0 Å². The van der Waals surface area contributed by atoms with Gasteiger partial charge in [-0.1, -0.05) is 18.2 Å². The predicted molar refractivity (Wildman–Crippen MR) is 49.5 cm³/mol. The van der Waals surface area contributed by atoms with E-state index in [2.05, 4.69) is 0 Å². The predicted octanol–water partition coefficient (Wildman–Crippen LogP) is 0.921. The summed E-state index contributed by atoms with van der Waals surface area (Å²) in [5.74, 6) is 0.885. The first-order valence-electron chi connectivity index (χ1n) is 4.34. The van der Waals surface area contributed by atoms with Gasteiger partial charge in [-0.3, -0.25) is 0 Å². The number of nitrogens with two attached hydrogens (primary N) is 1. The van der Waals surface area contributed by atoms with Crippen molar-refractivity contribution in [3.05, 3.63) is 29.8 Å². The Kier molecular flexibility index (Phi) is 2.20. The van der Waals surface area contributed by atoms with E-state index in [0.717, 1.165) is 17.7 Å². The van der Waals surface area contributed by atoms with Crippen molar-refractivity contribution in [2.45, 2.75) is 18.8 Å². The molecule has 0 bridgehead atoms. The fourth-order valence-electron chi connectivity index (χ4n) is 1.57. The number of para-hydroxylation sites is 1. The lowest BCUT2D eigenvalue weighted by Crippen LogP contribution is -2.44. The van der Waals surface area contributed by atoms with Crippen LogP contribution in [-0.2, 0) is 11.2 Å². The lowest BCUT2D eigenvalue weighted by Gasteiger charge is -2.29. The van der Waals surface area contributed by atoms with Crippen molar-refractivity contribution >= 4 is 0 Å². The molecular weight excluding hydrogens is 166 g/mol. The molecule has 0 aliphatic carbocycles. The van der Waals surface area contributed by atoms with Crippen molar-refractivity contribution in [1.82, 2.24) is 0 Å². The molecule has 1 aromatic rings. The van der Waals surface area contributed by atoms with E-state index in [-0.39, 0.29) is 12.3 Å². The summed E-state index contributed by atoms with van der Waals surface area (Å²) in [6.07, 6.45) is 0.504. The average molecular weight is 179 g/mol. The quantitative estimate of drug-likeness (QED) is 0.697. The van der Waals surface area contributed by atoms with Crippen molar-refractivity contribution in [2.24, 2.45) is 5.73 Å². The van der Waals surface area contributed by atoms with Gasteiger partial charge in [-0.15, -0.1) is 0 Å². The molecule has 0 amide bonds. The molecule has 70 valence electrons. The van der Waals surface area contributed by atoms with Gasteiger partial charge >= 0.3 is 0 Å². The van der Waals surface area contributed by atoms with Crippen molar-refractivity contribution in [2.75, 3.05) is 7.11 Å². The molecule has 2 atom stereocenters. The van der Waals surface area contributed by atoms with E-state index in [1.807, 2.05) is 24.3 Å². The molecule has 2 N–H and O–H groups in total. The minimum Gasteiger partial charge on any atom is -0.463 e. The first-order chi connectivity index (χ1) is 6.31. The Bertz CT molecular complexity index is 301. The van der Waals surface area contributed by atoms with Crippen molar-refractivity contribution < 1.29 is 9.47 Å². The second-order valence-electron chi connectivity index (χ2n) is 3.20. The van der Waals surface area contributed by atoms with Crippen molar-refractivity contribution in [3.8, 4) is 5.75 Å². The maximum Gasteiger partial charge on any atom is 0.215 e. The van der Waals surface area contributed by atoms with Gasteiger partial charge in [-0.2, -0.15) is 0 Å². The summed E-state index contributed by atoms with van der Waals surface area (Å²) >= 11 is 0. The van der Waals surface area contributed by atoms with Crippen LogP contribution in [0.4, 0.5) is 0 Å². The minimum atomic E-state index is -0.310. The molecule has 3 heteroatoms. The van der Waals surface area contributed by atoms with Gasteiger partial charge in [-0.05, 0) is 18.1 Å². The zero-order valence-electron chi connectivity index (χ0n) is 7.57.